The molecule has 11 heteroatoms. The van der Waals surface area contributed by atoms with Crippen LogP contribution in [0.4, 0.5) is 29.3 Å². The second-order valence-corrected chi connectivity index (χ2v) is 8.00. The summed E-state index contributed by atoms with van der Waals surface area (Å²) in [6.45, 7) is 2.13. The average Bonchev–Trinajstić information content (AvgIpc) is 2.78. The molecule has 2 aromatic rings. The van der Waals surface area contributed by atoms with Gasteiger partial charge in [-0.15, -0.1) is 0 Å². The van der Waals surface area contributed by atoms with Crippen LogP contribution >= 0.6 is 11.8 Å². The summed E-state index contributed by atoms with van der Waals surface area (Å²) in [5.41, 5.74) is -3.02. The van der Waals surface area contributed by atoms with E-state index >= 15 is 0 Å². The number of thioether (sulfide) groups is 1. The highest BCUT2D eigenvalue weighted by Gasteiger charge is 2.29. The number of urea groups is 1. The third kappa shape index (κ3) is 5.84. The van der Waals surface area contributed by atoms with E-state index in [4.69, 9.17) is 14.2 Å². The molecule has 0 saturated carbocycles. The molecule has 1 heterocycles. The minimum Gasteiger partial charge on any atom is -0.493 e. The minimum absolute atomic E-state index is 0.0643. The molecule has 1 N–H and O–H groups in total. The van der Waals surface area contributed by atoms with E-state index in [1.807, 2.05) is 12.1 Å². The highest BCUT2D eigenvalue weighted by atomic mass is 32.2. The van der Waals surface area contributed by atoms with Crippen LogP contribution in [-0.2, 0) is 0 Å². The van der Waals surface area contributed by atoms with Crippen molar-refractivity contribution in [2.75, 3.05) is 57.7 Å². The summed E-state index contributed by atoms with van der Waals surface area (Å²) in [4.78, 5) is 16.4. The van der Waals surface area contributed by atoms with Crippen LogP contribution < -0.4 is 24.4 Å². The lowest BCUT2D eigenvalue weighted by Gasteiger charge is -2.36. The highest BCUT2D eigenvalue weighted by Crippen LogP contribution is 2.41. The Morgan fingerprint density at radius 3 is 1.97 bits per heavy atom. The minimum atomic E-state index is -4.34. The smallest absolute Gasteiger partial charge is 0.446 e. The first-order chi connectivity index (χ1) is 15.2. The first-order valence-corrected chi connectivity index (χ1v) is 10.5. The first kappa shape index (κ1) is 23.7. The Morgan fingerprint density at radius 1 is 0.938 bits per heavy atom. The van der Waals surface area contributed by atoms with Gasteiger partial charge in [0.2, 0.25) is 5.75 Å². The Labute approximate surface area is 188 Å². The fourth-order valence-corrected chi connectivity index (χ4v) is 3.90. The van der Waals surface area contributed by atoms with Crippen LogP contribution in [0.5, 0.6) is 17.2 Å². The van der Waals surface area contributed by atoms with Crippen molar-refractivity contribution in [3.63, 3.8) is 0 Å². The van der Waals surface area contributed by atoms with Crippen molar-refractivity contribution in [1.82, 2.24) is 4.90 Å². The topological polar surface area (TPSA) is 63.3 Å². The molecular weight excluding hydrogens is 447 g/mol. The SMILES string of the molecule is COc1cc(N2CCN(C(=O)Nc3ccc(SC(F)(F)F)cc3)CC2)cc(OC)c1OC. The molecule has 174 valence electrons. The van der Waals surface area contributed by atoms with E-state index in [2.05, 4.69) is 10.2 Å². The van der Waals surface area contributed by atoms with Crippen LogP contribution in [0.3, 0.4) is 0 Å². The Morgan fingerprint density at radius 2 is 1.50 bits per heavy atom. The van der Waals surface area contributed by atoms with Gasteiger partial charge in [0.15, 0.2) is 11.5 Å². The van der Waals surface area contributed by atoms with Crippen LogP contribution in [-0.4, -0.2) is 63.9 Å². The van der Waals surface area contributed by atoms with E-state index in [1.54, 1.807) is 26.2 Å². The van der Waals surface area contributed by atoms with Gasteiger partial charge in [-0.3, -0.25) is 0 Å². The Hall–Kier alpha value is -2.95. The van der Waals surface area contributed by atoms with E-state index in [9.17, 15) is 18.0 Å². The molecular formula is C21H24F3N3O4S. The molecule has 2 aromatic carbocycles. The van der Waals surface area contributed by atoms with Crippen molar-refractivity contribution in [3.05, 3.63) is 36.4 Å². The van der Waals surface area contributed by atoms with Crippen LogP contribution in [0, 0.1) is 0 Å². The van der Waals surface area contributed by atoms with Gasteiger partial charge in [-0.2, -0.15) is 13.2 Å². The summed E-state index contributed by atoms with van der Waals surface area (Å²) in [6.07, 6.45) is 0. The van der Waals surface area contributed by atoms with Crippen molar-refractivity contribution in [2.45, 2.75) is 10.4 Å². The third-order valence-electron chi connectivity index (χ3n) is 4.92. The lowest BCUT2D eigenvalue weighted by molar-refractivity contribution is -0.0328. The summed E-state index contributed by atoms with van der Waals surface area (Å²) in [5, 5.41) is 2.73. The average molecular weight is 472 g/mol. The summed E-state index contributed by atoms with van der Waals surface area (Å²) >= 11 is -0.192. The third-order valence-corrected chi connectivity index (χ3v) is 5.66. The van der Waals surface area contributed by atoms with Gasteiger partial charge in [0, 0.05) is 54.6 Å². The zero-order valence-electron chi connectivity index (χ0n) is 17.9. The van der Waals surface area contributed by atoms with Crippen LogP contribution in [0.1, 0.15) is 0 Å². The van der Waals surface area contributed by atoms with Crippen molar-refractivity contribution in [1.29, 1.82) is 0 Å². The zero-order valence-corrected chi connectivity index (χ0v) is 18.7. The van der Waals surface area contributed by atoms with Gasteiger partial charge in [0.05, 0.1) is 21.3 Å². The normalized spacial score (nSPS) is 14.2. The standard InChI is InChI=1S/C21H24F3N3O4S/c1-29-17-12-15(13-18(30-2)19(17)31-3)26-8-10-27(11-9-26)20(28)25-14-4-6-16(7-5-14)32-21(22,23)24/h4-7,12-13H,8-11H2,1-3H3,(H,25,28). The largest absolute Gasteiger partial charge is 0.493 e. The molecule has 0 atom stereocenters. The number of nitrogens with zero attached hydrogens (tertiary/aromatic N) is 2. The predicted molar refractivity (Wildman–Crippen MR) is 117 cm³/mol. The Bertz CT molecular complexity index is 908. The van der Waals surface area contributed by atoms with Crippen molar-refractivity contribution in [3.8, 4) is 17.2 Å². The number of rotatable bonds is 6. The molecule has 1 fully saturated rings. The molecule has 7 nitrogen and oxygen atoms in total. The Balaban J connectivity index is 1.59. The van der Waals surface area contributed by atoms with Gasteiger partial charge < -0.3 is 29.3 Å². The number of alkyl halides is 3. The predicted octanol–water partition coefficient (Wildman–Crippen LogP) is 4.68. The summed E-state index contributed by atoms with van der Waals surface area (Å²) < 4.78 is 53.5. The second-order valence-electron chi connectivity index (χ2n) is 6.86. The molecule has 1 saturated heterocycles. The maximum atomic E-state index is 12.6. The highest BCUT2D eigenvalue weighted by molar-refractivity contribution is 8.00. The molecule has 2 amide bonds. The molecule has 0 aromatic heterocycles. The number of halogens is 3. The molecule has 0 spiro atoms. The molecule has 0 bridgehead atoms. The fourth-order valence-electron chi connectivity index (χ4n) is 3.36. The number of amides is 2. The van der Waals surface area contributed by atoms with Gasteiger partial charge in [0.25, 0.3) is 0 Å². The number of benzene rings is 2. The van der Waals surface area contributed by atoms with E-state index in [0.29, 0.717) is 49.1 Å². The molecule has 0 aliphatic carbocycles. The number of anilines is 2. The van der Waals surface area contributed by atoms with Crippen LogP contribution in [0.15, 0.2) is 41.3 Å². The molecule has 0 unspecified atom stereocenters. The van der Waals surface area contributed by atoms with Crippen molar-refractivity contribution >= 4 is 29.2 Å². The van der Waals surface area contributed by atoms with Gasteiger partial charge in [-0.05, 0) is 36.0 Å². The van der Waals surface area contributed by atoms with E-state index in [1.165, 1.54) is 24.3 Å². The fraction of sp³-hybridized carbons (Fsp3) is 0.381. The number of methoxy groups -OCH3 is 3. The van der Waals surface area contributed by atoms with Crippen molar-refractivity contribution < 1.29 is 32.2 Å². The molecule has 3 rings (SSSR count). The number of ether oxygens (including phenoxy) is 3. The van der Waals surface area contributed by atoms with Gasteiger partial charge in [0.1, 0.15) is 0 Å². The number of nitrogens with one attached hydrogen (secondary N) is 1. The number of carbonyl (C=O) groups excluding carboxylic acids is 1. The lowest BCUT2D eigenvalue weighted by atomic mass is 10.2. The second kappa shape index (κ2) is 10.1. The van der Waals surface area contributed by atoms with Crippen molar-refractivity contribution in [2.24, 2.45) is 0 Å². The van der Waals surface area contributed by atoms with Gasteiger partial charge in [-0.1, -0.05) is 0 Å². The zero-order chi connectivity index (χ0) is 23.3. The Kier molecular flexibility index (Phi) is 7.49. The summed E-state index contributed by atoms with van der Waals surface area (Å²) in [6, 6.07) is 8.99. The first-order valence-electron chi connectivity index (χ1n) is 9.70. The van der Waals surface area contributed by atoms with E-state index < -0.39 is 5.51 Å². The van der Waals surface area contributed by atoms with Crippen LogP contribution in [0.25, 0.3) is 0 Å². The van der Waals surface area contributed by atoms with E-state index in [-0.39, 0.29) is 22.7 Å². The molecule has 32 heavy (non-hydrogen) atoms. The molecule has 0 radical (unpaired) electrons. The van der Waals surface area contributed by atoms with Crippen LogP contribution in [0.2, 0.25) is 0 Å². The number of carbonyl (C=O) groups is 1. The maximum absolute atomic E-state index is 12.6. The number of hydrogen-bond donors (Lipinski definition) is 1. The lowest BCUT2D eigenvalue weighted by Crippen LogP contribution is -2.50. The number of hydrogen-bond acceptors (Lipinski definition) is 6. The van der Waals surface area contributed by atoms with Gasteiger partial charge in [-0.25, -0.2) is 4.79 Å². The molecule has 1 aliphatic rings. The van der Waals surface area contributed by atoms with E-state index in [0.717, 1.165) is 5.69 Å². The summed E-state index contributed by atoms with van der Waals surface area (Å²) in [5.74, 6) is 1.61. The monoisotopic (exact) mass is 471 g/mol. The summed E-state index contributed by atoms with van der Waals surface area (Å²) in [7, 11) is 4.65. The van der Waals surface area contributed by atoms with Gasteiger partial charge >= 0.3 is 11.5 Å². The molecule has 1 aliphatic heterocycles. The quantitative estimate of drug-likeness (QED) is 0.618. The maximum Gasteiger partial charge on any atom is 0.446 e. The number of piperazine rings is 1.